The van der Waals surface area contributed by atoms with Crippen molar-refractivity contribution in [3.8, 4) is 17.1 Å². The van der Waals surface area contributed by atoms with Gasteiger partial charge in [0.05, 0.1) is 11.1 Å². The predicted molar refractivity (Wildman–Crippen MR) is 124 cm³/mol. The van der Waals surface area contributed by atoms with Crippen molar-refractivity contribution in [2.75, 3.05) is 11.9 Å². The van der Waals surface area contributed by atoms with Crippen LogP contribution in [0, 0.1) is 0 Å². The molecule has 176 valence electrons. The van der Waals surface area contributed by atoms with Crippen LogP contribution in [0.4, 0.5) is 14.7 Å². The highest BCUT2D eigenvalue weighted by molar-refractivity contribution is 6.30. The molecule has 1 saturated heterocycles. The summed E-state index contributed by atoms with van der Waals surface area (Å²) in [6.45, 7) is -2.40. The lowest BCUT2D eigenvalue weighted by Gasteiger charge is -2.21. The van der Waals surface area contributed by atoms with Crippen molar-refractivity contribution in [1.82, 2.24) is 24.9 Å². The SMILES string of the molecule is O=C1NCCCCCC1Nc1nc2ccccc2c2nc(-c3ccc(Cl)cc3OC(F)F)nn12. The van der Waals surface area contributed by atoms with Crippen LogP contribution in [0.15, 0.2) is 42.5 Å². The largest absolute Gasteiger partial charge is 0.434 e. The molecule has 2 N–H and O–H groups in total. The molecule has 0 radical (unpaired) electrons. The molecule has 2 aromatic carbocycles. The van der Waals surface area contributed by atoms with Crippen LogP contribution in [0.3, 0.4) is 0 Å². The Kier molecular flexibility index (Phi) is 6.14. The maximum Gasteiger partial charge on any atom is 0.387 e. The standard InChI is InChI=1S/C23H21ClF2N6O2/c24-13-9-10-15(18(12-13)34-22(25)26)19-30-20-14-6-3-4-7-16(14)28-23(32(20)31-19)29-17-8-2-1-5-11-27-21(17)33/h3-4,6-7,9-10,12,17,22H,1-2,5,8,11H2,(H,27,33)(H,28,29). The maximum absolute atomic E-state index is 13.0. The highest BCUT2D eigenvalue weighted by Gasteiger charge is 2.24. The first-order valence-corrected chi connectivity index (χ1v) is 11.3. The van der Waals surface area contributed by atoms with Crippen molar-refractivity contribution in [3.05, 3.63) is 47.5 Å². The Bertz CT molecular complexity index is 1360. The second-order valence-corrected chi connectivity index (χ2v) is 8.42. The quantitative estimate of drug-likeness (QED) is 0.426. The number of rotatable bonds is 5. The number of para-hydroxylation sites is 1. The smallest absolute Gasteiger partial charge is 0.387 e. The van der Waals surface area contributed by atoms with Gasteiger partial charge < -0.3 is 15.4 Å². The number of alkyl halides is 2. The van der Waals surface area contributed by atoms with Crippen LogP contribution in [0.5, 0.6) is 5.75 Å². The molecule has 0 bridgehead atoms. The number of nitrogens with zero attached hydrogens (tertiary/aromatic N) is 4. The van der Waals surface area contributed by atoms with E-state index in [4.69, 9.17) is 11.6 Å². The number of hydrogen-bond donors (Lipinski definition) is 2. The van der Waals surface area contributed by atoms with Crippen molar-refractivity contribution in [2.24, 2.45) is 0 Å². The summed E-state index contributed by atoms with van der Waals surface area (Å²) in [5.41, 5.74) is 1.38. The fraction of sp³-hybridized carbons (Fsp3) is 0.304. The molecule has 2 aromatic heterocycles. The number of halogens is 3. The van der Waals surface area contributed by atoms with Crippen LogP contribution < -0.4 is 15.4 Å². The number of hydrogen-bond acceptors (Lipinski definition) is 6. The van der Waals surface area contributed by atoms with E-state index in [0.717, 1.165) is 24.6 Å². The molecule has 1 atom stereocenters. The molecule has 4 aromatic rings. The fourth-order valence-corrected chi connectivity index (χ4v) is 4.21. The van der Waals surface area contributed by atoms with Crippen LogP contribution in [-0.2, 0) is 4.79 Å². The Morgan fingerprint density at radius 1 is 1.15 bits per heavy atom. The minimum Gasteiger partial charge on any atom is -0.434 e. The van der Waals surface area contributed by atoms with E-state index in [-0.39, 0.29) is 28.1 Å². The molecule has 0 spiro atoms. The number of fused-ring (bicyclic) bond motifs is 3. The molecule has 1 amide bonds. The van der Waals surface area contributed by atoms with E-state index in [2.05, 4.69) is 30.4 Å². The van der Waals surface area contributed by atoms with E-state index in [1.54, 1.807) is 6.07 Å². The molecule has 5 rings (SSSR count). The van der Waals surface area contributed by atoms with Gasteiger partial charge in [0, 0.05) is 17.0 Å². The molecule has 1 aliphatic rings. The molecule has 0 saturated carbocycles. The minimum atomic E-state index is -3.04. The Hall–Kier alpha value is -3.53. The third kappa shape index (κ3) is 4.45. The van der Waals surface area contributed by atoms with Crippen LogP contribution >= 0.6 is 11.6 Å². The number of benzene rings is 2. The number of nitrogens with one attached hydrogen (secondary N) is 2. The summed E-state index contributed by atoms with van der Waals surface area (Å²) >= 11 is 5.99. The fourth-order valence-electron chi connectivity index (χ4n) is 4.05. The van der Waals surface area contributed by atoms with Gasteiger partial charge >= 0.3 is 6.61 Å². The van der Waals surface area contributed by atoms with Crippen molar-refractivity contribution >= 4 is 40.0 Å². The number of amides is 1. The van der Waals surface area contributed by atoms with Gasteiger partial charge in [-0.1, -0.05) is 36.6 Å². The van der Waals surface area contributed by atoms with E-state index in [1.807, 2.05) is 24.3 Å². The van der Waals surface area contributed by atoms with E-state index in [1.165, 1.54) is 16.6 Å². The summed E-state index contributed by atoms with van der Waals surface area (Å²) in [5, 5.41) is 11.7. The van der Waals surface area contributed by atoms with Crippen molar-refractivity contribution in [2.45, 2.75) is 38.3 Å². The van der Waals surface area contributed by atoms with Crippen LogP contribution in [0.25, 0.3) is 27.9 Å². The zero-order valence-corrected chi connectivity index (χ0v) is 18.7. The maximum atomic E-state index is 13.0. The summed E-state index contributed by atoms with van der Waals surface area (Å²) in [4.78, 5) is 21.9. The predicted octanol–water partition coefficient (Wildman–Crippen LogP) is 4.67. The third-order valence-electron chi connectivity index (χ3n) is 5.67. The normalized spacial score (nSPS) is 16.9. The summed E-state index contributed by atoms with van der Waals surface area (Å²) in [6.07, 6.45) is 3.53. The number of carbonyl (C=O) groups is 1. The van der Waals surface area contributed by atoms with Gasteiger partial charge in [0.25, 0.3) is 0 Å². The molecule has 34 heavy (non-hydrogen) atoms. The molecule has 1 fully saturated rings. The minimum absolute atomic E-state index is 0.103. The van der Waals surface area contributed by atoms with E-state index in [0.29, 0.717) is 30.1 Å². The third-order valence-corrected chi connectivity index (χ3v) is 5.90. The number of ether oxygens (including phenoxy) is 1. The average molecular weight is 487 g/mol. The highest BCUT2D eigenvalue weighted by Crippen LogP contribution is 2.33. The van der Waals surface area contributed by atoms with Gasteiger partial charge in [-0.25, -0.2) is 9.97 Å². The van der Waals surface area contributed by atoms with Gasteiger partial charge in [0.2, 0.25) is 11.9 Å². The first-order valence-electron chi connectivity index (χ1n) is 10.9. The second kappa shape index (κ2) is 9.38. The number of aromatic nitrogens is 4. The van der Waals surface area contributed by atoms with Gasteiger partial charge in [-0.3, -0.25) is 4.79 Å². The van der Waals surface area contributed by atoms with E-state index in [9.17, 15) is 13.6 Å². The highest BCUT2D eigenvalue weighted by atomic mass is 35.5. The Balaban J connectivity index is 1.64. The first kappa shape index (κ1) is 22.3. The van der Waals surface area contributed by atoms with Gasteiger partial charge in [-0.05, 0) is 43.2 Å². The van der Waals surface area contributed by atoms with Gasteiger partial charge in [-0.2, -0.15) is 13.3 Å². The van der Waals surface area contributed by atoms with Crippen molar-refractivity contribution < 1.29 is 18.3 Å². The molecular formula is C23H21ClF2N6O2. The molecule has 1 aliphatic heterocycles. The number of carbonyl (C=O) groups excluding carboxylic acids is 1. The van der Waals surface area contributed by atoms with E-state index < -0.39 is 12.7 Å². The average Bonchev–Trinajstić information content (AvgIpc) is 3.24. The lowest BCUT2D eigenvalue weighted by atomic mass is 10.1. The summed E-state index contributed by atoms with van der Waals surface area (Å²) < 4.78 is 32.2. The van der Waals surface area contributed by atoms with Gasteiger partial charge in [0.1, 0.15) is 11.8 Å². The molecule has 0 aliphatic carbocycles. The summed E-state index contributed by atoms with van der Waals surface area (Å²) in [7, 11) is 0. The van der Waals surface area contributed by atoms with Crippen LogP contribution in [-0.4, -0.2) is 44.7 Å². The lowest BCUT2D eigenvalue weighted by molar-refractivity contribution is -0.122. The lowest BCUT2D eigenvalue weighted by Crippen LogP contribution is -2.41. The second-order valence-electron chi connectivity index (χ2n) is 7.98. The zero-order valence-electron chi connectivity index (χ0n) is 18.0. The number of anilines is 1. The van der Waals surface area contributed by atoms with Crippen molar-refractivity contribution in [3.63, 3.8) is 0 Å². The van der Waals surface area contributed by atoms with E-state index >= 15 is 0 Å². The molecule has 11 heteroatoms. The molecular weight excluding hydrogens is 466 g/mol. The topological polar surface area (TPSA) is 93.4 Å². The molecule has 8 nitrogen and oxygen atoms in total. The van der Waals surface area contributed by atoms with Gasteiger partial charge in [0.15, 0.2) is 11.5 Å². The Morgan fingerprint density at radius 3 is 2.85 bits per heavy atom. The first-order chi connectivity index (χ1) is 16.5. The van der Waals surface area contributed by atoms with Crippen molar-refractivity contribution in [1.29, 1.82) is 0 Å². The Labute approximate surface area is 198 Å². The van der Waals surface area contributed by atoms with Crippen LogP contribution in [0.2, 0.25) is 5.02 Å². The van der Waals surface area contributed by atoms with Crippen LogP contribution in [0.1, 0.15) is 25.7 Å². The molecule has 3 heterocycles. The monoisotopic (exact) mass is 486 g/mol. The zero-order chi connectivity index (χ0) is 23.7. The Morgan fingerprint density at radius 2 is 2.00 bits per heavy atom. The van der Waals surface area contributed by atoms with Gasteiger partial charge in [-0.15, -0.1) is 5.10 Å². The summed E-state index contributed by atoms with van der Waals surface area (Å²) in [6, 6.07) is 11.3. The molecule has 1 unspecified atom stereocenters. The summed E-state index contributed by atoms with van der Waals surface area (Å²) in [5.74, 6) is 0.257.